The molecule has 0 saturated carbocycles. The Morgan fingerprint density at radius 3 is 2.81 bits per heavy atom. The molecule has 1 atom stereocenters. The first-order valence-electron chi connectivity index (χ1n) is 7.02. The van der Waals surface area contributed by atoms with Gasteiger partial charge in [-0.1, -0.05) is 13.0 Å². The third-order valence-corrected chi connectivity index (χ3v) is 4.39. The maximum Gasteiger partial charge on any atom is 0.251 e. The van der Waals surface area contributed by atoms with Gasteiger partial charge in [-0.3, -0.25) is 4.79 Å². The molecule has 1 amide bonds. The van der Waals surface area contributed by atoms with E-state index < -0.39 is 0 Å². The van der Waals surface area contributed by atoms with Crippen molar-refractivity contribution in [1.29, 1.82) is 0 Å². The van der Waals surface area contributed by atoms with Gasteiger partial charge in [-0.05, 0) is 36.1 Å². The summed E-state index contributed by atoms with van der Waals surface area (Å²) < 4.78 is 11.0. The predicted molar refractivity (Wildman–Crippen MR) is 82.2 cm³/mol. The SMILES string of the molecule is CC[C@@H](NC(=O)c1ccc2c(c1)OCCO2)c1cccs1. The maximum absolute atomic E-state index is 12.4. The lowest BCUT2D eigenvalue weighted by atomic mass is 10.1. The number of nitrogens with one attached hydrogen (secondary N) is 1. The second-order valence-corrected chi connectivity index (χ2v) is 5.79. The highest BCUT2D eigenvalue weighted by Gasteiger charge is 2.18. The molecule has 0 spiro atoms. The fourth-order valence-corrected chi connectivity index (χ4v) is 3.15. The van der Waals surface area contributed by atoms with E-state index in [1.807, 2.05) is 17.5 Å². The molecule has 21 heavy (non-hydrogen) atoms. The summed E-state index contributed by atoms with van der Waals surface area (Å²) >= 11 is 1.66. The van der Waals surface area contributed by atoms with Crippen LogP contribution in [0, 0.1) is 0 Å². The number of ether oxygens (including phenoxy) is 2. The van der Waals surface area contributed by atoms with E-state index in [1.165, 1.54) is 4.88 Å². The van der Waals surface area contributed by atoms with Crippen LogP contribution in [0.25, 0.3) is 0 Å². The first-order chi connectivity index (χ1) is 10.3. The monoisotopic (exact) mass is 303 g/mol. The van der Waals surface area contributed by atoms with Gasteiger partial charge in [0.2, 0.25) is 0 Å². The number of carbonyl (C=O) groups is 1. The van der Waals surface area contributed by atoms with Crippen molar-refractivity contribution in [1.82, 2.24) is 5.32 Å². The molecular formula is C16H17NO3S. The van der Waals surface area contributed by atoms with E-state index >= 15 is 0 Å². The van der Waals surface area contributed by atoms with Crippen molar-refractivity contribution in [3.63, 3.8) is 0 Å². The Hall–Kier alpha value is -2.01. The van der Waals surface area contributed by atoms with Crippen molar-refractivity contribution in [2.45, 2.75) is 19.4 Å². The third-order valence-electron chi connectivity index (χ3n) is 3.40. The second kappa shape index (κ2) is 6.18. The van der Waals surface area contributed by atoms with Crippen LogP contribution in [0.4, 0.5) is 0 Å². The second-order valence-electron chi connectivity index (χ2n) is 4.81. The molecule has 1 aliphatic heterocycles. The number of benzene rings is 1. The molecular weight excluding hydrogens is 286 g/mol. The molecule has 110 valence electrons. The molecule has 0 bridgehead atoms. The van der Waals surface area contributed by atoms with E-state index in [0.29, 0.717) is 30.3 Å². The lowest BCUT2D eigenvalue weighted by Crippen LogP contribution is -2.27. The standard InChI is InChI=1S/C16H17NO3S/c1-2-12(15-4-3-9-21-15)17-16(18)11-5-6-13-14(10-11)20-8-7-19-13/h3-6,9-10,12H,2,7-8H2,1H3,(H,17,18)/t12-/m1/s1. The molecule has 0 radical (unpaired) electrons. The summed E-state index contributed by atoms with van der Waals surface area (Å²) in [5.41, 5.74) is 0.592. The van der Waals surface area contributed by atoms with Crippen LogP contribution in [-0.2, 0) is 0 Å². The average molecular weight is 303 g/mol. The van der Waals surface area contributed by atoms with E-state index in [-0.39, 0.29) is 11.9 Å². The van der Waals surface area contributed by atoms with E-state index in [0.717, 1.165) is 6.42 Å². The highest BCUT2D eigenvalue weighted by molar-refractivity contribution is 7.10. The van der Waals surface area contributed by atoms with Crippen LogP contribution < -0.4 is 14.8 Å². The van der Waals surface area contributed by atoms with Crippen LogP contribution in [0.1, 0.15) is 34.6 Å². The number of rotatable bonds is 4. The van der Waals surface area contributed by atoms with Gasteiger partial charge in [0.15, 0.2) is 11.5 Å². The topological polar surface area (TPSA) is 47.6 Å². The van der Waals surface area contributed by atoms with Gasteiger partial charge < -0.3 is 14.8 Å². The Labute approximate surface area is 127 Å². The van der Waals surface area contributed by atoms with E-state index in [9.17, 15) is 4.79 Å². The highest BCUT2D eigenvalue weighted by atomic mass is 32.1. The van der Waals surface area contributed by atoms with Crippen LogP contribution in [0.5, 0.6) is 11.5 Å². The van der Waals surface area contributed by atoms with E-state index in [2.05, 4.69) is 12.2 Å². The van der Waals surface area contributed by atoms with Gasteiger partial charge in [0.1, 0.15) is 13.2 Å². The quantitative estimate of drug-likeness (QED) is 0.941. The minimum atomic E-state index is -0.0905. The van der Waals surface area contributed by atoms with Gasteiger partial charge in [0.05, 0.1) is 6.04 Å². The Kier molecular flexibility index (Phi) is 4.10. The minimum absolute atomic E-state index is 0.0469. The molecule has 1 aliphatic rings. The molecule has 1 aromatic heterocycles. The van der Waals surface area contributed by atoms with Gasteiger partial charge >= 0.3 is 0 Å². The summed E-state index contributed by atoms with van der Waals surface area (Å²) in [5, 5.41) is 5.09. The van der Waals surface area contributed by atoms with Crippen molar-refractivity contribution >= 4 is 17.2 Å². The van der Waals surface area contributed by atoms with Gasteiger partial charge in [0.25, 0.3) is 5.91 Å². The first kappa shape index (κ1) is 13.9. The Morgan fingerprint density at radius 1 is 1.29 bits per heavy atom. The van der Waals surface area contributed by atoms with E-state index in [1.54, 1.807) is 29.5 Å². The molecule has 1 N–H and O–H groups in total. The van der Waals surface area contributed by atoms with Gasteiger partial charge in [-0.25, -0.2) is 0 Å². The van der Waals surface area contributed by atoms with Crippen LogP contribution in [0.2, 0.25) is 0 Å². The number of amides is 1. The van der Waals surface area contributed by atoms with Crippen molar-refractivity contribution < 1.29 is 14.3 Å². The molecule has 5 heteroatoms. The zero-order valence-corrected chi connectivity index (χ0v) is 12.6. The van der Waals surface area contributed by atoms with Crippen molar-refractivity contribution in [3.05, 3.63) is 46.2 Å². The summed E-state index contributed by atoms with van der Waals surface area (Å²) in [6.07, 6.45) is 0.858. The molecule has 0 aliphatic carbocycles. The zero-order chi connectivity index (χ0) is 14.7. The van der Waals surface area contributed by atoms with E-state index in [4.69, 9.17) is 9.47 Å². The van der Waals surface area contributed by atoms with Crippen molar-refractivity contribution in [3.8, 4) is 11.5 Å². The fraction of sp³-hybridized carbons (Fsp3) is 0.312. The maximum atomic E-state index is 12.4. The van der Waals surface area contributed by atoms with Crippen molar-refractivity contribution in [2.75, 3.05) is 13.2 Å². The van der Waals surface area contributed by atoms with Gasteiger partial charge in [0, 0.05) is 10.4 Å². The number of fused-ring (bicyclic) bond motifs is 1. The minimum Gasteiger partial charge on any atom is -0.486 e. The molecule has 4 nitrogen and oxygen atoms in total. The average Bonchev–Trinajstić information content (AvgIpc) is 3.06. The summed E-state index contributed by atoms with van der Waals surface area (Å²) in [7, 11) is 0. The molecule has 2 heterocycles. The van der Waals surface area contributed by atoms with Gasteiger partial charge in [-0.2, -0.15) is 0 Å². The summed E-state index contributed by atoms with van der Waals surface area (Å²) in [6.45, 7) is 3.13. The zero-order valence-electron chi connectivity index (χ0n) is 11.8. The number of thiophene rings is 1. The lowest BCUT2D eigenvalue weighted by molar-refractivity contribution is 0.0935. The molecule has 2 aromatic rings. The number of hydrogen-bond donors (Lipinski definition) is 1. The highest BCUT2D eigenvalue weighted by Crippen LogP contribution is 2.31. The fourth-order valence-electron chi connectivity index (χ4n) is 2.29. The summed E-state index contributed by atoms with van der Waals surface area (Å²) in [5.74, 6) is 1.24. The molecule has 0 saturated heterocycles. The molecule has 1 aromatic carbocycles. The van der Waals surface area contributed by atoms with Crippen molar-refractivity contribution in [2.24, 2.45) is 0 Å². The van der Waals surface area contributed by atoms with Crippen LogP contribution in [0.15, 0.2) is 35.7 Å². The Bertz CT molecular complexity index is 624. The van der Waals surface area contributed by atoms with Crippen LogP contribution in [0.3, 0.4) is 0 Å². The largest absolute Gasteiger partial charge is 0.486 e. The van der Waals surface area contributed by atoms with Crippen LogP contribution in [-0.4, -0.2) is 19.1 Å². The van der Waals surface area contributed by atoms with Crippen LogP contribution >= 0.6 is 11.3 Å². The number of hydrogen-bond acceptors (Lipinski definition) is 4. The normalized spacial score (nSPS) is 14.5. The Morgan fingerprint density at radius 2 is 2.10 bits per heavy atom. The summed E-state index contributed by atoms with van der Waals surface area (Å²) in [6, 6.07) is 9.39. The molecule has 0 unspecified atom stereocenters. The summed E-state index contributed by atoms with van der Waals surface area (Å²) in [4.78, 5) is 13.6. The van der Waals surface area contributed by atoms with Gasteiger partial charge in [-0.15, -0.1) is 11.3 Å². The molecule has 3 rings (SSSR count). The third kappa shape index (κ3) is 3.03. The predicted octanol–water partition coefficient (Wildman–Crippen LogP) is 3.40. The number of carbonyl (C=O) groups excluding carboxylic acids is 1. The molecule has 0 fully saturated rings. The lowest BCUT2D eigenvalue weighted by Gasteiger charge is -2.20. The first-order valence-corrected chi connectivity index (χ1v) is 7.90. The Balaban J connectivity index is 1.75. The smallest absolute Gasteiger partial charge is 0.251 e.